The number of nitrogens with one attached hydrogen (secondary N) is 1. The minimum absolute atomic E-state index is 0.0446. The van der Waals surface area contributed by atoms with Crippen LogP contribution in [0.15, 0.2) is 18.2 Å². The first-order valence-corrected chi connectivity index (χ1v) is 8.46. The Bertz CT molecular complexity index is 552. The molecule has 2 amide bonds. The third kappa shape index (κ3) is 7.66. The fraction of sp³-hybridized carbons (Fsp3) is 0.529. The number of carbonyl (C=O) groups is 2. The lowest BCUT2D eigenvalue weighted by Crippen LogP contribution is -2.29. The van der Waals surface area contributed by atoms with Gasteiger partial charge >= 0.3 is 0 Å². The molecule has 1 rings (SSSR count). The molecular weight excluding hydrogens is 330 g/mol. The molecule has 0 bridgehead atoms. The molecule has 1 aromatic carbocycles. The van der Waals surface area contributed by atoms with Crippen molar-refractivity contribution < 1.29 is 14.3 Å². The van der Waals surface area contributed by atoms with Crippen molar-refractivity contribution in [2.75, 3.05) is 13.7 Å². The number of rotatable bonds is 11. The van der Waals surface area contributed by atoms with E-state index in [2.05, 4.69) is 5.32 Å². The quantitative estimate of drug-likeness (QED) is 0.526. The fourth-order valence-corrected chi connectivity index (χ4v) is 2.47. The van der Waals surface area contributed by atoms with Gasteiger partial charge in [-0.05, 0) is 37.3 Å². The highest BCUT2D eigenvalue weighted by atomic mass is 35.5. The van der Waals surface area contributed by atoms with Crippen LogP contribution in [0.2, 0.25) is 5.02 Å². The summed E-state index contributed by atoms with van der Waals surface area (Å²) in [6, 6.07) is 5.34. The Morgan fingerprint density at radius 2 is 2.04 bits per heavy atom. The van der Waals surface area contributed by atoms with Crippen molar-refractivity contribution in [1.82, 2.24) is 5.32 Å². The molecule has 0 heterocycles. The maximum atomic E-state index is 11.2. The number of hydrogen-bond donors (Lipinski definition) is 3. The van der Waals surface area contributed by atoms with E-state index in [9.17, 15) is 9.59 Å². The average Bonchev–Trinajstić information content (AvgIpc) is 2.56. The molecule has 7 heteroatoms. The molecule has 0 fully saturated rings. The summed E-state index contributed by atoms with van der Waals surface area (Å²) >= 11 is 6.37. The summed E-state index contributed by atoms with van der Waals surface area (Å²) in [5, 5.41) is 3.17. The van der Waals surface area contributed by atoms with E-state index in [4.69, 9.17) is 27.8 Å². The number of benzene rings is 1. The van der Waals surface area contributed by atoms with Crippen LogP contribution in [-0.4, -0.2) is 31.5 Å². The van der Waals surface area contributed by atoms with E-state index in [1.54, 1.807) is 13.1 Å². The van der Waals surface area contributed by atoms with Crippen LogP contribution in [0, 0.1) is 0 Å². The van der Waals surface area contributed by atoms with E-state index >= 15 is 0 Å². The average molecular weight is 356 g/mol. The van der Waals surface area contributed by atoms with Crippen LogP contribution in [-0.2, 0) is 16.0 Å². The van der Waals surface area contributed by atoms with Gasteiger partial charge in [-0.2, -0.15) is 0 Å². The van der Waals surface area contributed by atoms with Crippen molar-refractivity contribution in [3.8, 4) is 5.75 Å². The molecular formula is C17H26ClN3O3. The van der Waals surface area contributed by atoms with Crippen LogP contribution in [0.1, 0.15) is 37.7 Å². The SMILES string of the molecule is CNC(=O)CCCCc1cccc(OCC(N)CCC(N)=O)c1Cl. The number of amides is 2. The van der Waals surface area contributed by atoms with Gasteiger partial charge in [0.25, 0.3) is 0 Å². The minimum Gasteiger partial charge on any atom is -0.490 e. The zero-order valence-corrected chi connectivity index (χ0v) is 14.8. The van der Waals surface area contributed by atoms with E-state index in [0.717, 1.165) is 24.8 Å². The minimum atomic E-state index is -0.373. The highest BCUT2D eigenvalue weighted by Crippen LogP contribution is 2.29. The molecule has 5 N–H and O–H groups in total. The second-order valence-corrected chi connectivity index (χ2v) is 6.06. The Labute approximate surface area is 147 Å². The van der Waals surface area contributed by atoms with Gasteiger partial charge in [0.1, 0.15) is 12.4 Å². The zero-order valence-electron chi connectivity index (χ0n) is 14.0. The van der Waals surface area contributed by atoms with Gasteiger partial charge in [-0.3, -0.25) is 9.59 Å². The van der Waals surface area contributed by atoms with Gasteiger partial charge in [0, 0.05) is 25.9 Å². The predicted octanol–water partition coefficient (Wildman–Crippen LogP) is 1.77. The molecule has 0 aliphatic heterocycles. The van der Waals surface area contributed by atoms with Crippen LogP contribution < -0.4 is 21.5 Å². The molecule has 0 aliphatic rings. The molecule has 1 aromatic rings. The van der Waals surface area contributed by atoms with Crippen molar-refractivity contribution in [1.29, 1.82) is 0 Å². The maximum Gasteiger partial charge on any atom is 0.219 e. The van der Waals surface area contributed by atoms with Gasteiger partial charge in [0.15, 0.2) is 0 Å². The van der Waals surface area contributed by atoms with Crippen LogP contribution in [0.4, 0.5) is 0 Å². The van der Waals surface area contributed by atoms with Crippen molar-refractivity contribution >= 4 is 23.4 Å². The third-order valence-corrected chi connectivity index (χ3v) is 4.07. The number of nitrogens with two attached hydrogens (primary N) is 2. The Morgan fingerprint density at radius 1 is 1.29 bits per heavy atom. The Kier molecular flexibility index (Phi) is 9.19. The highest BCUT2D eigenvalue weighted by Gasteiger charge is 2.10. The molecule has 0 saturated heterocycles. The van der Waals surface area contributed by atoms with Crippen molar-refractivity contribution in [2.24, 2.45) is 11.5 Å². The van der Waals surface area contributed by atoms with Gasteiger partial charge in [-0.1, -0.05) is 23.7 Å². The zero-order chi connectivity index (χ0) is 17.9. The van der Waals surface area contributed by atoms with Gasteiger partial charge in [0.2, 0.25) is 11.8 Å². The van der Waals surface area contributed by atoms with Gasteiger partial charge in [-0.15, -0.1) is 0 Å². The highest BCUT2D eigenvalue weighted by molar-refractivity contribution is 6.32. The summed E-state index contributed by atoms with van der Waals surface area (Å²) in [5.74, 6) is 0.250. The first-order valence-electron chi connectivity index (χ1n) is 8.08. The van der Waals surface area contributed by atoms with Crippen LogP contribution in [0.3, 0.4) is 0 Å². The smallest absolute Gasteiger partial charge is 0.219 e. The molecule has 0 spiro atoms. The number of unbranched alkanes of at least 4 members (excludes halogenated alkanes) is 1. The van der Waals surface area contributed by atoms with Crippen LogP contribution >= 0.6 is 11.6 Å². The fourth-order valence-electron chi connectivity index (χ4n) is 2.19. The molecule has 0 saturated carbocycles. The molecule has 0 aliphatic carbocycles. The Balaban J connectivity index is 2.46. The van der Waals surface area contributed by atoms with E-state index in [0.29, 0.717) is 23.6 Å². The van der Waals surface area contributed by atoms with E-state index in [1.807, 2.05) is 12.1 Å². The normalized spacial score (nSPS) is 11.8. The second-order valence-electron chi connectivity index (χ2n) is 5.69. The summed E-state index contributed by atoms with van der Waals surface area (Å²) in [7, 11) is 1.63. The van der Waals surface area contributed by atoms with E-state index in [1.165, 1.54) is 0 Å². The lowest BCUT2D eigenvalue weighted by Gasteiger charge is -2.15. The second kappa shape index (κ2) is 10.9. The first kappa shape index (κ1) is 20.3. The topological polar surface area (TPSA) is 107 Å². The lowest BCUT2D eigenvalue weighted by atomic mass is 10.1. The molecule has 134 valence electrons. The lowest BCUT2D eigenvalue weighted by molar-refractivity contribution is -0.120. The van der Waals surface area contributed by atoms with E-state index in [-0.39, 0.29) is 30.9 Å². The van der Waals surface area contributed by atoms with Gasteiger partial charge in [0.05, 0.1) is 5.02 Å². The van der Waals surface area contributed by atoms with Crippen molar-refractivity contribution in [2.45, 2.75) is 44.6 Å². The van der Waals surface area contributed by atoms with Gasteiger partial charge in [-0.25, -0.2) is 0 Å². The molecule has 6 nitrogen and oxygen atoms in total. The van der Waals surface area contributed by atoms with Crippen molar-refractivity contribution in [3.63, 3.8) is 0 Å². The molecule has 0 aromatic heterocycles. The number of carbonyl (C=O) groups excluding carboxylic acids is 2. The maximum absolute atomic E-state index is 11.2. The number of primary amides is 1. The number of halogens is 1. The predicted molar refractivity (Wildman–Crippen MR) is 95.0 cm³/mol. The number of aryl methyl sites for hydroxylation is 1. The van der Waals surface area contributed by atoms with Gasteiger partial charge < -0.3 is 21.5 Å². The van der Waals surface area contributed by atoms with Crippen LogP contribution in [0.5, 0.6) is 5.75 Å². The Morgan fingerprint density at radius 3 is 2.71 bits per heavy atom. The van der Waals surface area contributed by atoms with E-state index < -0.39 is 0 Å². The number of ether oxygens (including phenoxy) is 1. The molecule has 24 heavy (non-hydrogen) atoms. The number of hydrogen-bond acceptors (Lipinski definition) is 4. The summed E-state index contributed by atoms with van der Waals surface area (Å²) in [6.07, 6.45) is 3.68. The summed E-state index contributed by atoms with van der Waals surface area (Å²) in [5.41, 5.74) is 12.0. The Hall–Kier alpha value is -1.79. The summed E-state index contributed by atoms with van der Waals surface area (Å²) in [6.45, 7) is 0.271. The van der Waals surface area contributed by atoms with Crippen molar-refractivity contribution in [3.05, 3.63) is 28.8 Å². The summed E-state index contributed by atoms with van der Waals surface area (Å²) in [4.78, 5) is 21.9. The first-order chi connectivity index (χ1) is 11.4. The molecule has 1 atom stereocenters. The molecule has 1 unspecified atom stereocenters. The largest absolute Gasteiger partial charge is 0.490 e. The molecule has 0 radical (unpaired) electrons. The monoisotopic (exact) mass is 355 g/mol. The summed E-state index contributed by atoms with van der Waals surface area (Å²) < 4.78 is 5.66. The standard InChI is InChI=1S/C17H26ClN3O3/c1-21-16(23)8-3-2-5-12-6-4-7-14(17(12)18)24-11-13(19)9-10-15(20)22/h4,6-7,13H,2-3,5,8-11,19H2,1H3,(H2,20,22)(H,21,23). The third-order valence-electron chi connectivity index (χ3n) is 3.64. The van der Waals surface area contributed by atoms with Crippen LogP contribution in [0.25, 0.3) is 0 Å².